The second-order valence-electron chi connectivity index (χ2n) is 5.57. The first kappa shape index (κ1) is 18.3. The first-order valence-electron chi connectivity index (χ1n) is 8.17. The number of allylic oxidation sites excluding steroid dienone is 1. The number of carbonyl (C=O) groups excluding carboxylic acids is 1. The molecule has 0 aliphatic rings. The van der Waals surface area contributed by atoms with Crippen LogP contribution in [-0.2, 0) is 0 Å². The number of benzene rings is 1. The Morgan fingerprint density at radius 2 is 1.88 bits per heavy atom. The van der Waals surface area contributed by atoms with Crippen molar-refractivity contribution < 1.29 is 4.79 Å². The lowest BCUT2D eigenvalue weighted by molar-refractivity contribution is 0.262. The number of nitrogens with one attached hydrogen (secondary N) is 2. The van der Waals surface area contributed by atoms with Crippen molar-refractivity contribution in [1.82, 2.24) is 4.98 Å². The SMILES string of the molecule is CCCC/C(N)=C/N(N)c1ccc(NC(=O)Nc2ccccc2)cn1. The van der Waals surface area contributed by atoms with Gasteiger partial charge in [0.25, 0.3) is 0 Å². The van der Waals surface area contributed by atoms with Gasteiger partial charge in [-0.3, -0.25) is 5.01 Å². The van der Waals surface area contributed by atoms with E-state index in [-0.39, 0.29) is 6.03 Å². The molecule has 132 valence electrons. The minimum Gasteiger partial charge on any atom is -0.401 e. The molecule has 25 heavy (non-hydrogen) atoms. The zero-order chi connectivity index (χ0) is 18.1. The van der Waals surface area contributed by atoms with E-state index in [4.69, 9.17) is 11.6 Å². The number of para-hydroxylation sites is 1. The Labute approximate surface area is 147 Å². The van der Waals surface area contributed by atoms with Crippen LogP contribution in [0, 0.1) is 0 Å². The van der Waals surface area contributed by atoms with E-state index in [0.29, 0.717) is 22.9 Å². The van der Waals surface area contributed by atoms with Crippen LogP contribution in [0.3, 0.4) is 0 Å². The summed E-state index contributed by atoms with van der Waals surface area (Å²) in [5.41, 5.74) is 7.89. The number of unbranched alkanes of at least 4 members (excludes halogenated alkanes) is 1. The molecule has 7 nitrogen and oxygen atoms in total. The van der Waals surface area contributed by atoms with Crippen molar-refractivity contribution >= 4 is 23.2 Å². The molecule has 2 amide bonds. The maximum atomic E-state index is 11.9. The van der Waals surface area contributed by atoms with Gasteiger partial charge in [-0.05, 0) is 37.1 Å². The van der Waals surface area contributed by atoms with Crippen molar-refractivity contribution in [3.63, 3.8) is 0 Å². The quantitative estimate of drug-likeness (QED) is 0.456. The third-order valence-electron chi connectivity index (χ3n) is 3.43. The third kappa shape index (κ3) is 6.15. The van der Waals surface area contributed by atoms with Gasteiger partial charge in [-0.2, -0.15) is 0 Å². The zero-order valence-corrected chi connectivity index (χ0v) is 14.3. The van der Waals surface area contributed by atoms with Crippen LogP contribution in [-0.4, -0.2) is 11.0 Å². The number of hydrogen-bond acceptors (Lipinski definition) is 5. The molecule has 0 spiro atoms. The predicted octanol–water partition coefficient (Wildman–Crippen LogP) is 3.40. The van der Waals surface area contributed by atoms with Gasteiger partial charge in [-0.1, -0.05) is 31.5 Å². The number of pyridine rings is 1. The molecule has 0 bridgehead atoms. The van der Waals surface area contributed by atoms with E-state index in [1.165, 1.54) is 11.2 Å². The average molecular weight is 340 g/mol. The molecule has 2 rings (SSSR count). The molecule has 0 saturated heterocycles. The predicted molar refractivity (Wildman–Crippen MR) is 102 cm³/mol. The lowest BCUT2D eigenvalue weighted by atomic mass is 10.2. The highest BCUT2D eigenvalue weighted by Crippen LogP contribution is 2.14. The molecule has 0 aliphatic carbocycles. The van der Waals surface area contributed by atoms with E-state index < -0.39 is 0 Å². The summed E-state index contributed by atoms with van der Waals surface area (Å²) < 4.78 is 0. The van der Waals surface area contributed by atoms with E-state index >= 15 is 0 Å². The topological polar surface area (TPSA) is 109 Å². The molecule has 0 radical (unpaired) electrons. The van der Waals surface area contributed by atoms with Crippen molar-refractivity contribution in [1.29, 1.82) is 0 Å². The maximum Gasteiger partial charge on any atom is 0.323 e. The van der Waals surface area contributed by atoms with Crippen molar-refractivity contribution in [3.05, 3.63) is 60.6 Å². The highest BCUT2D eigenvalue weighted by molar-refractivity contribution is 5.99. The van der Waals surface area contributed by atoms with Crippen LogP contribution < -0.4 is 27.2 Å². The largest absolute Gasteiger partial charge is 0.401 e. The van der Waals surface area contributed by atoms with Crippen LogP contribution in [0.2, 0.25) is 0 Å². The summed E-state index contributed by atoms with van der Waals surface area (Å²) in [4.78, 5) is 16.2. The molecule has 0 saturated carbocycles. The Kier molecular flexibility index (Phi) is 6.79. The maximum absolute atomic E-state index is 11.9. The summed E-state index contributed by atoms with van der Waals surface area (Å²) in [5, 5.41) is 6.82. The van der Waals surface area contributed by atoms with Gasteiger partial charge in [0.2, 0.25) is 0 Å². The third-order valence-corrected chi connectivity index (χ3v) is 3.43. The van der Waals surface area contributed by atoms with Crippen LogP contribution in [0.5, 0.6) is 0 Å². The highest BCUT2D eigenvalue weighted by Gasteiger charge is 2.05. The van der Waals surface area contributed by atoms with Crippen LogP contribution in [0.15, 0.2) is 60.6 Å². The number of aromatic nitrogens is 1. The van der Waals surface area contributed by atoms with E-state index in [1.807, 2.05) is 30.3 Å². The van der Waals surface area contributed by atoms with E-state index in [9.17, 15) is 4.79 Å². The summed E-state index contributed by atoms with van der Waals surface area (Å²) in [7, 11) is 0. The highest BCUT2D eigenvalue weighted by atomic mass is 16.2. The Bertz CT molecular complexity index is 699. The van der Waals surface area contributed by atoms with E-state index in [0.717, 1.165) is 19.3 Å². The number of carbonyl (C=O) groups is 1. The smallest absolute Gasteiger partial charge is 0.323 e. The molecule has 1 aromatic heterocycles. The first-order chi connectivity index (χ1) is 12.1. The Hall–Kier alpha value is -3.06. The van der Waals surface area contributed by atoms with Crippen LogP contribution >= 0.6 is 0 Å². The second kappa shape index (κ2) is 9.29. The number of urea groups is 1. The van der Waals surface area contributed by atoms with Gasteiger partial charge in [-0.15, -0.1) is 0 Å². The Balaban J connectivity index is 1.91. The van der Waals surface area contributed by atoms with Crippen molar-refractivity contribution in [3.8, 4) is 0 Å². The number of hydrazine groups is 1. The minimum atomic E-state index is -0.339. The van der Waals surface area contributed by atoms with Gasteiger partial charge in [0.05, 0.1) is 11.9 Å². The summed E-state index contributed by atoms with van der Waals surface area (Å²) in [5.74, 6) is 6.47. The molecule has 1 aromatic carbocycles. The summed E-state index contributed by atoms with van der Waals surface area (Å²) in [6, 6.07) is 12.3. The van der Waals surface area contributed by atoms with Gasteiger partial charge in [-0.25, -0.2) is 15.6 Å². The van der Waals surface area contributed by atoms with Gasteiger partial charge >= 0.3 is 6.03 Å². The van der Waals surface area contributed by atoms with Crippen molar-refractivity contribution in [2.24, 2.45) is 11.6 Å². The van der Waals surface area contributed by atoms with Gasteiger partial charge in [0, 0.05) is 17.6 Å². The number of rotatable bonds is 7. The first-order valence-corrected chi connectivity index (χ1v) is 8.17. The van der Waals surface area contributed by atoms with Gasteiger partial charge in [0.15, 0.2) is 0 Å². The van der Waals surface area contributed by atoms with Crippen LogP contribution in [0.4, 0.5) is 22.0 Å². The van der Waals surface area contributed by atoms with Gasteiger partial charge in [0.1, 0.15) is 5.82 Å². The number of hydrogen-bond donors (Lipinski definition) is 4. The lowest BCUT2D eigenvalue weighted by Gasteiger charge is -2.14. The fourth-order valence-corrected chi connectivity index (χ4v) is 2.12. The molecule has 0 atom stereocenters. The van der Waals surface area contributed by atoms with Crippen molar-refractivity contribution in [2.75, 3.05) is 15.6 Å². The normalized spacial score (nSPS) is 11.0. The number of anilines is 3. The molecule has 0 fully saturated rings. The fourth-order valence-electron chi connectivity index (χ4n) is 2.12. The Morgan fingerprint density at radius 3 is 2.52 bits per heavy atom. The fraction of sp³-hybridized carbons (Fsp3) is 0.222. The molecule has 1 heterocycles. The molecule has 0 aliphatic heterocycles. The van der Waals surface area contributed by atoms with E-state index in [2.05, 4.69) is 22.5 Å². The summed E-state index contributed by atoms with van der Waals surface area (Å²) >= 11 is 0. The van der Waals surface area contributed by atoms with E-state index in [1.54, 1.807) is 18.3 Å². The molecule has 6 N–H and O–H groups in total. The van der Waals surface area contributed by atoms with Gasteiger partial charge < -0.3 is 16.4 Å². The zero-order valence-electron chi connectivity index (χ0n) is 14.3. The molecular formula is C18H24N6O. The number of amides is 2. The monoisotopic (exact) mass is 340 g/mol. The Morgan fingerprint density at radius 1 is 1.16 bits per heavy atom. The standard InChI is InChI=1S/C18H24N6O/c1-2-3-7-14(19)13-24(20)17-11-10-16(12-21-17)23-18(25)22-15-8-5-4-6-9-15/h4-6,8-13H,2-3,7,19-20H2,1H3,(H2,22,23,25)/b14-13-. The number of nitrogens with zero attached hydrogens (tertiary/aromatic N) is 2. The molecule has 2 aromatic rings. The molecule has 7 heteroatoms. The molecular weight excluding hydrogens is 316 g/mol. The lowest BCUT2D eigenvalue weighted by Crippen LogP contribution is -2.27. The summed E-state index contributed by atoms with van der Waals surface area (Å²) in [6.45, 7) is 2.11. The second-order valence-corrected chi connectivity index (χ2v) is 5.57. The molecule has 0 unspecified atom stereocenters. The van der Waals surface area contributed by atoms with Crippen molar-refractivity contribution in [2.45, 2.75) is 26.2 Å². The van der Waals surface area contributed by atoms with Crippen LogP contribution in [0.1, 0.15) is 26.2 Å². The minimum absolute atomic E-state index is 0.339. The average Bonchev–Trinajstić information content (AvgIpc) is 2.61. The summed E-state index contributed by atoms with van der Waals surface area (Å²) in [6.07, 6.45) is 6.08. The van der Waals surface area contributed by atoms with Crippen LogP contribution in [0.25, 0.3) is 0 Å². The number of nitrogens with two attached hydrogens (primary N) is 2.